The third-order valence-electron chi connectivity index (χ3n) is 3.47. The molecule has 3 rings (SSSR count). The van der Waals surface area contributed by atoms with Crippen LogP contribution in [0.4, 0.5) is 16.3 Å². The van der Waals surface area contributed by atoms with Crippen molar-refractivity contribution in [3.05, 3.63) is 60.7 Å². The van der Waals surface area contributed by atoms with Crippen LogP contribution in [0, 0.1) is 0 Å². The van der Waals surface area contributed by atoms with Gasteiger partial charge >= 0.3 is 6.09 Å². The van der Waals surface area contributed by atoms with Crippen molar-refractivity contribution in [3.8, 4) is 16.9 Å². The lowest BCUT2D eigenvalue weighted by Gasteiger charge is -2.07. The fourth-order valence-corrected chi connectivity index (χ4v) is 2.39. The van der Waals surface area contributed by atoms with Crippen molar-refractivity contribution >= 4 is 17.6 Å². The Morgan fingerprint density at radius 1 is 1.12 bits per heavy atom. The maximum atomic E-state index is 11.9. The number of nitrogens with two attached hydrogens (primary N) is 1. The molecule has 122 valence electrons. The van der Waals surface area contributed by atoms with E-state index in [1.54, 1.807) is 11.6 Å². The maximum Gasteiger partial charge on any atom is 0.411 e. The quantitative estimate of drug-likeness (QED) is 0.767. The average molecular weight is 322 g/mol. The molecule has 24 heavy (non-hydrogen) atoms. The van der Waals surface area contributed by atoms with Gasteiger partial charge in [0.25, 0.3) is 0 Å². The summed E-state index contributed by atoms with van der Waals surface area (Å²) in [5, 5.41) is 7.28. The number of rotatable bonds is 4. The fraction of sp³-hybridized carbons (Fsp3) is 0.111. The van der Waals surface area contributed by atoms with Crippen LogP contribution in [-0.2, 0) is 4.74 Å². The lowest BCUT2D eigenvalue weighted by Crippen LogP contribution is -2.14. The van der Waals surface area contributed by atoms with E-state index in [0.717, 1.165) is 11.3 Å². The van der Waals surface area contributed by atoms with Crippen LogP contribution in [0.3, 0.4) is 0 Å². The Morgan fingerprint density at radius 3 is 2.38 bits per heavy atom. The van der Waals surface area contributed by atoms with Gasteiger partial charge < -0.3 is 10.5 Å². The number of hydrogen-bond donors (Lipinski definition) is 2. The Labute approximate surface area is 139 Å². The first-order valence-corrected chi connectivity index (χ1v) is 7.63. The molecular weight excluding hydrogens is 304 g/mol. The molecule has 0 aliphatic rings. The normalized spacial score (nSPS) is 10.4. The number of amides is 1. The highest BCUT2D eigenvalue weighted by molar-refractivity contribution is 5.95. The molecule has 2 aromatic carbocycles. The Kier molecular flexibility index (Phi) is 4.47. The van der Waals surface area contributed by atoms with Gasteiger partial charge in [-0.2, -0.15) is 5.10 Å². The molecule has 0 unspecified atom stereocenters. The number of anilines is 2. The number of nitrogens with zero attached hydrogens (tertiary/aromatic N) is 2. The molecule has 0 fully saturated rings. The van der Waals surface area contributed by atoms with Gasteiger partial charge in [0, 0.05) is 5.56 Å². The summed E-state index contributed by atoms with van der Waals surface area (Å²) >= 11 is 0. The number of aromatic nitrogens is 2. The SMILES string of the molecule is CCOC(=O)Nc1c(-c2ccccc2)nn(-c2ccccc2)c1N. The van der Waals surface area contributed by atoms with E-state index in [-0.39, 0.29) is 6.61 Å². The summed E-state index contributed by atoms with van der Waals surface area (Å²) in [5.41, 5.74) is 8.93. The highest BCUT2D eigenvalue weighted by Crippen LogP contribution is 2.34. The summed E-state index contributed by atoms with van der Waals surface area (Å²) in [7, 11) is 0. The molecule has 3 N–H and O–H groups in total. The highest BCUT2D eigenvalue weighted by atomic mass is 16.5. The number of ether oxygens (including phenoxy) is 1. The molecule has 0 aliphatic heterocycles. The van der Waals surface area contributed by atoms with Crippen molar-refractivity contribution in [2.75, 3.05) is 17.7 Å². The van der Waals surface area contributed by atoms with Crippen LogP contribution in [0.5, 0.6) is 0 Å². The van der Waals surface area contributed by atoms with Gasteiger partial charge in [-0.05, 0) is 19.1 Å². The molecule has 0 saturated carbocycles. The number of carbonyl (C=O) groups is 1. The van der Waals surface area contributed by atoms with Crippen molar-refractivity contribution < 1.29 is 9.53 Å². The van der Waals surface area contributed by atoms with Gasteiger partial charge in [0.1, 0.15) is 11.4 Å². The second kappa shape index (κ2) is 6.87. The summed E-state index contributed by atoms with van der Waals surface area (Å²) < 4.78 is 6.57. The molecule has 1 aromatic heterocycles. The predicted octanol–water partition coefficient (Wildman–Crippen LogP) is 3.69. The standard InChI is InChI=1S/C18H18N4O2/c1-2-24-18(23)20-16-15(13-9-5-3-6-10-13)21-22(17(16)19)14-11-7-4-8-12-14/h3-12H,2,19H2,1H3,(H,20,23). The number of carbonyl (C=O) groups excluding carboxylic acids is 1. The Morgan fingerprint density at radius 2 is 1.75 bits per heavy atom. The van der Waals surface area contributed by atoms with Crippen molar-refractivity contribution in [1.82, 2.24) is 9.78 Å². The Balaban J connectivity index is 2.11. The molecule has 0 spiro atoms. The fourth-order valence-electron chi connectivity index (χ4n) is 2.39. The third-order valence-corrected chi connectivity index (χ3v) is 3.47. The van der Waals surface area contributed by atoms with Crippen LogP contribution >= 0.6 is 0 Å². The van der Waals surface area contributed by atoms with Gasteiger partial charge in [0.2, 0.25) is 0 Å². The van der Waals surface area contributed by atoms with E-state index in [4.69, 9.17) is 10.5 Å². The third kappa shape index (κ3) is 3.08. The highest BCUT2D eigenvalue weighted by Gasteiger charge is 2.20. The van der Waals surface area contributed by atoms with Gasteiger partial charge in [0.15, 0.2) is 5.82 Å². The van der Waals surface area contributed by atoms with Crippen LogP contribution in [0.1, 0.15) is 6.92 Å². The number of para-hydroxylation sites is 1. The van der Waals surface area contributed by atoms with Crippen LogP contribution in [0.15, 0.2) is 60.7 Å². The van der Waals surface area contributed by atoms with E-state index in [2.05, 4.69) is 10.4 Å². The van der Waals surface area contributed by atoms with Crippen LogP contribution in [0.2, 0.25) is 0 Å². The number of hydrogen-bond acceptors (Lipinski definition) is 4. The topological polar surface area (TPSA) is 82.2 Å². The molecule has 6 nitrogen and oxygen atoms in total. The van der Waals surface area contributed by atoms with E-state index in [1.165, 1.54) is 0 Å². The van der Waals surface area contributed by atoms with Gasteiger partial charge in [-0.3, -0.25) is 5.32 Å². The molecule has 1 heterocycles. The monoisotopic (exact) mass is 322 g/mol. The zero-order valence-corrected chi connectivity index (χ0v) is 13.3. The van der Waals surface area contributed by atoms with E-state index in [0.29, 0.717) is 17.2 Å². The zero-order chi connectivity index (χ0) is 16.9. The molecule has 0 radical (unpaired) electrons. The van der Waals surface area contributed by atoms with Gasteiger partial charge in [-0.1, -0.05) is 48.5 Å². The van der Waals surface area contributed by atoms with E-state index in [1.807, 2.05) is 60.7 Å². The molecule has 0 aliphatic carbocycles. The number of nitrogens with one attached hydrogen (secondary N) is 1. The number of benzene rings is 2. The van der Waals surface area contributed by atoms with Crippen molar-refractivity contribution in [2.45, 2.75) is 6.92 Å². The van der Waals surface area contributed by atoms with Gasteiger partial charge in [0.05, 0.1) is 12.3 Å². The zero-order valence-electron chi connectivity index (χ0n) is 13.3. The van der Waals surface area contributed by atoms with Crippen molar-refractivity contribution in [1.29, 1.82) is 0 Å². The van der Waals surface area contributed by atoms with Crippen molar-refractivity contribution in [2.24, 2.45) is 0 Å². The molecule has 3 aromatic rings. The minimum absolute atomic E-state index is 0.277. The van der Waals surface area contributed by atoms with Gasteiger partial charge in [-0.15, -0.1) is 0 Å². The number of nitrogen functional groups attached to an aromatic ring is 1. The first-order chi connectivity index (χ1) is 11.7. The lowest BCUT2D eigenvalue weighted by atomic mass is 10.1. The second-order valence-electron chi connectivity index (χ2n) is 5.07. The predicted molar refractivity (Wildman–Crippen MR) is 94.1 cm³/mol. The average Bonchev–Trinajstić information content (AvgIpc) is 2.93. The van der Waals surface area contributed by atoms with Crippen molar-refractivity contribution in [3.63, 3.8) is 0 Å². The molecule has 0 atom stereocenters. The van der Waals surface area contributed by atoms with E-state index < -0.39 is 6.09 Å². The smallest absolute Gasteiger partial charge is 0.411 e. The van der Waals surface area contributed by atoms with Crippen LogP contribution < -0.4 is 11.1 Å². The summed E-state index contributed by atoms with van der Waals surface area (Å²) in [6, 6.07) is 19.1. The Bertz CT molecular complexity index is 829. The lowest BCUT2D eigenvalue weighted by molar-refractivity contribution is 0.168. The molecule has 0 bridgehead atoms. The summed E-state index contributed by atoms with van der Waals surface area (Å²) in [4.78, 5) is 11.9. The first-order valence-electron chi connectivity index (χ1n) is 7.63. The molecule has 1 amide bonds. The molecular formula is C18H18N4O2. The largest absolute Gasteiger partial charge is 0.450 e. The first kappa shape index (κ1) is 15.6. The summed E-state index contributed by atoms with van der Waals surface area (Å²) in [6.45, 7) is 2.02. The maximum absolute atomic E-state index is 11.9. The van der Waals surface area contributed by atoms with Gasteiger partial charge in [-0.25, -0.2) is 9.48 Å². The minimum atomic E-state index is -0.561. The van der Waals surface area contributed by atoms with E-state index >= 15 is 0 Å². The second-order valence-corrected chi connectivity index (χ2v) is 5.07. The molecule has 0 saturated heterocycles. The Hall–Kier alpha value is -3.28. The summed E-state index contributed by atoms with van der Waals surface area (Å²) in [6.07, 6.45) is -0.561. The van der Waals surface area contributed by atoms with Crippen LogP contribution in [-0.4, -0.2) is 22.5 Å². The summed E-state index contributed by atoms with van der Waals surface area (Å²) in [5.74, 6) is 0.341. The van der Waals surface area contributed by atoms with E-state index in [9.17, 15) is 4.79 Å². The minimum Gasteiger partial charge on any atom is -0.450 e. The van der Waals surface area contributed by atoms with Crippen LogP contribution in [0.25, 0.3) is 16.9 Å². The molecule has 6 heteroatoms.